The summed E-state index contributed by atoms with van der Waals surface area (Å²) in [6, 6.07) is 13.0. The second-order valence-corrected chi connectivity index (χ2v) is 7.24. The maximum Gasteiger partial charge on any atom is 0.258 e. The van der Waals surface area contributed by atoms with Gasteiger partial charge in [0.2, 0.25) is 0 Å². The van der Waals surface area contributed by atoms with Crippen LogP contribution in [-0.4, -0.2) is 38.4 Å². The molecule has 3 rings (SSSR count). The summed E-state index contributed by atoms with van der Waals surface area (Å²) >= 11 is 0. The van der Waals surface area contributed by atoms with Crippen LogP contribution in [0.1, 0.15) is 49.9 Å². The summed E-state index contributed by atoms with van der Waals surface area (Å²) in [5.41, 5.74) is 0.432. The topological polar surface area (TPSA) is 66.0 Å². The average molecular weight is 414 g/mol. The van der Waals surface area contributed by atoms with Gasteiger partial charge in [-0.25, -0.2) is 0 Å². The Balaban J connectivity index is 1.67. The minimum absolute atomic E-state index is 0.240. The van der Waals surface area contributed by atoms with Gasteiger partial charge < -0.3 is 24.3 Å². The minimum Gasteiger partial charge on any atom is -0.493 e. The van der Waals surface area contributed by atoms with Crippen LogP contribution in [0.3, 0.4) is 0 Å². The van der Waals surface area contributed by atoms with Crippen LogP contribution in [0.5, 0.6) is 23.0 Å². The maximum atomic E-state index is 13.1. The number of benzene rings is 2. The van der Waals surface area contributed by atoms with Gasteiger partial charge in [-0.1, -0.05) is 44.9 Å². The Morgan fingerprint density at radius 2 is 1.60 bits per heavy atom. The SMILES string of the molecule is CCCCOc1cccc(OCCCC)c1C(=O)NC[C@H]1COc2ccccc2O1. The third-order valence-corrected chi connectivity index (χ3v) is 4.78. The molecule has 30 heavy (non-hydrogen) atoms. The molecule has 0 saturated heterocycles. The molecular formula is C24H31NO5. The van der Waals surface area contributed by atoms with Crippen molar-refractivity contribution in [1.82, 2.24) is 5.32 Å². The van der Waals surface area contributed by atoms with Crippen molar-refractivity contribution in [1.29, 1.82) is 0 Å². The van der Waals surface area contributed by atoms with Gasteiger partial charge in [-0.15, -0.1) is 0 Å². The van der Waals surface area contributed by atoms with Gasteiger partial charge >= 0.3 is 0 Å². The number of unbranched alkanes of at least 4 members (excludes halogenated alkanes) is 2. The Hall–Kier alpha value is -2.89. The second-order valence-electron chi connectivity index (χ2n) is 7.24. The van der Waals surface area contributed by atoms with Crippen LogP contribution in [0.2, 0.25) is 0 Å². The first-order valence-electron chi connectivity index (χ1n) is 10.8. The van der Waals surface area contributed by atoms with Crippen molar-refractivity contribution >= 4 is 5.91 Å². The van der Waals surface area contributed by atoms with E-state index in [1.165, 1.54) is 0 Å². The molecule has 1 heterocycles. The number of hydrogen-bond acceptors (Lipinski definition) is 5. The van der Waals surface area contributed by atoms with E-state index in [4.69, 9.17) is 18.9 Å². The molecule has 0 aliphatic carbocycles. The highest BCUT2D eigenvalue weighted by molar-refractivity contribution is 5.99. The van der Waals surface area contributed by atoms with Gasteiger partial charge in [0.05, 0.1) is 19.8 Å². The highest BCUT2D eigenvalue weighted by Gasteiger charge is 2.24. The molecular weight excluding hydrogens is 382 g/mol. The first-order chi connectivity index (χ1) is 14.7. The lowest BCUT2D eigenvalue weighted by atomic mass is 10.1. The van der Waals surface area contributed by atoms with E-state index in [-0.39, 0.29) is 12.0 Å². The quantitative estimate of drug-likeness (QED) is 0.545. The molecule has 6 heteroatoms. The Morgan fingerprint density at radius 1 is 0.967 bits per heavy atom. The molecule has 0 saturated carbocycles. The van der Waals surface area contributed by atoms with Crippen molar-refractivity contribution in [2.75, 3.05) is 26.4 Å². The fourth-order valence-corrected chi connectivity index (χ4v) is 3.09. The molecule has 2 aromatic rings. The number of carbonyl (C=O) groups excluding carboxylic acids is 1. The summed E-state index contributed by atoms with van der Waals surface area (Å²) in [6.45, 7) is 6.03. The second kappa shape index (κ2) is 11.3. The molecule has 0 fully saturated rings. The van der Waals surface area contributed by atoms with E-state index in [9.17, 15) is 4.79 Å². The summed E-state index contributed by atoms with van der Waals surface area (Å²) < 4.78 is 23.4. The maximum absolute atomic E-state index is 13.1. The van der Waals surface area contributed by atoms with Crippen molar-refractivity contribution in [3.05, 3.63) is 48.0 Å². The molecule has 6 nitrogen and oxygen atoms in total. The molecule has 1 amide bonds. The summed E-state index contributed by atoms with van der Waals surface area (Å²) in [4.78, 5) is 13.1. The van der Waals surface area contributed by atoms with Crippen LogP contribution in [0.15, 0.2) is 42.5 Å². The molecule has 1 aliphatic heterocycles. The van der Waals surface area contributed by atoms with E-state index in [1.807, 2.05) is 42.5 Å². The van der Waals surface area contributed by atoms with Crippen molar-refractivity contribution in [2.24, 2.45) is 0 Å². The number of fused-ring (bicyclic) bond motifs is 1. The molecule has 0 radical (unpaired) electrons. The summed E-state index contributed by atoms with van der Waals surface area (Å²) in [5.74, 6) is 2.26. The lowest BCUT2D eigenvalue weighted by Crippen LogP contribution is -2.40. The molecule has 1 aliphatic rings. The van der Waals surface area contributed by atoms with Crippen LogP contribution in [-0.2, 0) is 0 Å². The number of amides is 1. The predicted octanol–water partition coefficient (Wildman–Crippen LogP) is 4.61. The first kappa shape index (κ1) is 21.8. The van der Waals surface area contributed by atoms with Gasteiger partial charge in [0, 0.05) is 0 Å². The van der Waals surface area contributed by atoms with Gasteiger partial charge in [-0.3, -0.25) is 4.79 Å². The van der Waals surface area contributed by atoms with Gasteiger partial charge in [-0.2, -0.15) is 0 Å². The number of ether oxygens (including phenoxy) is 4. The van der Waals surface area contributed by atoms with E-state index in [2.05, 4.69) is 19.2 Å². The van der Waals surface area contributed by atoms with Crippen molar-refractivity contribution in [3.63, 3.8) is 0 Å². The number of para-hydroxylation sites is 2. The largest absolute Gasteiger partial charge is 0.493 e. The monoisotopic (exact) mass is 413 g/mol. The summed E-state index contributed by atoms with van der Waals surface area (Å²) in [5, 5.41) is 2.96. The summed E-state index contributed by atoms with van der Waals surface area (Å²) in [6.07, 6.45) is 3.63. The van der Waals surface area contributed by atoms with Gasteiger partial charge in [0.1, 0.15) is 29.8 Å². The Bertz CT molecular complexity index is 795. The van der Waals surface area contributed by atoms with Gasteiger partial charge in [0.25, 0.3) is 5.91 Å². The molecule has 1 N–H and O–H groups in total. The lowest BCUT2D eigenvalue weighted by molar-refractivity contribution is 0.0784. The van der Waals surface area contributed by atoms with E-state index < -0.39 is 0 Å². The number of rotatable bonds is 11. The third-order valence-electron chi connectivity index (χ3n) is 4.78. The fraction of sp³-hybridized carbons (Fsp3) is 0.458. The molecule has 0 unspecified atom stereocenters. The van der Waals surface area contributed by atoms with Gasteiger partial charge in [0.15, 0.2) is 11.5 Å². The third kappa shape index (κ3) is 5.81. The lowest BCUT2D eigenvalue weighted by Gasteiger charge is -2.26. The normalized spacial score (nSPS) is 14.8. The zero-order valence-corrected chi connectivity index (χ0v) is 17.8. The first-order valence-corrected chi connectivity index (χ1v) is 10.8. The fourth-order valence-electron chi connectivity index (χ4n) is 3.09. The van der Waals surface area contributed by atoms with E-state index in [0.717, 1.165) is 31.4 Å². The van der Waals surface area contributed by atoms with Crippen molar-refractivity contribution < 1.29 is 23.7 Å². The molecule has 0 bridgehead atoms. The minimum atomic E-state index is -0.263. The average Bonchev–Trinajstić information content (AvgIpc) is 2.78. The van der Waals surface area contributed by atoms with Crippen LogP contribution in [0, 0.1) is 0 Å². The smallest absolute Gasteiger partial charge is 0.258 e. The zero-order chi connectivity index (χ0) is 21.2. The number of carbonyl (C=O) groups is 1. The predicted molar refractivity (Wildman–Crippen MR) is 116 cm³/mol. The van der Waals surface area contributed by atoms with Crippen molar-refractivity contribution in [2.45, 2.75) is 45.6 Å². The van der Waals surface area contributed by atoms with E-state index in [1.54, 1.807) is 0 Å². The number of hydrogen-bond donors (Lipinski definition) is 1. The Kier molecular flexibility index (Phi) is 8.24. The highest BCUT2D eigenvalue weighted by Crippen LogP contribution is 2.31. The Labute approximate surface area is 178 Å². The highest BCUT2D eigenvalue weighted by atomic mass is 16.6. The summed E-state index contributed by atoms with van der Waals surface area (Å²) in [7, 11) is 0. The molecule has 1 atom stereocenters. The van der Waals surface area contributed by atoms with Gasteiger partial charge in [-0.05, 0) is 37.1 Å². The van der Waals surface area contributed by atoms with Crippen LogP contribution in [0.4, 0.5) is 0 Å². The molecule has 2 aromatic carbocycles. The molecule has 162 valence electrons. The molecule has 0 aromatic heterocycles. The standard InChI is InChI=1S/C24H31NO5/c1-3-5-14-27-21-12-9-13-22(28-15-6-4-2)23(21)24(26)25-16-18-17-29-19-10-7-8-11-20(19)30-18/h7-13,18H,3-6,14-17H2,1-2H3,(H,25,26)/t18-/m0/s1. The molecule has 0 spiro atoms. The zero-order valence-electron chi connectivity index (χ0n) is 17.8. The Morgan fingerprint density at radius 3 is 2.23 bits per heavy atom. The number of nitrogens with one attached hydrogen (secondary N) is 1. The van der Waals surface area contributed by atoms with E-state index >= 15 is 0 Å². The van der Waals surface area contributed by atoms with E-state index in [0.29, 0.717) is 49.2 Å². The van der Waals surface area contributed by atoms with Crippen LogP contribution in [0.25, 0.3) is 0 Å². The van der Waals surface area contributed by atoms with Crippen LogP contribution < -0.4 is 24.3 Å². The van der Waals surface area contributed by atoms with Crippen molar-refractivity contribution in [3.8, 4) is 23.0 Å². The van der Waals surface area contributed by atoms with Crippen LogP contribution >= 0.6 is 0 Å².